The topological polar surface area (TPSA) is 96.1 Å². The van der Waals surface area contributed by atoms with Crippen LogP contribution in [-0.4, -0.2) is 17.3 Å². The van der Waals surface area contributed by atoms with Crippen LogP contribution in [-0.2, 0) is 4.79 Å². The van der Waals surface area contributed by atoms with Gasteiger partial charge in [0.15, 0.2) is 5.78 Å². The average Bonchev–Trinajstić information content (AvgIpc) is 3.05. The van der Waals surface area contributed by atoms with Gasteiger partial charge in [-0.1, -0.05) is 27.2 Å². The van der Waals surface area contributed by atoms with Crippen molar-refractivity contribution in [3.63, 3.8) is 0 Å². The molecule has 4 N–H and O–H groups in total. The number of hydrogen-bond donors (Lipinski definition) is 2. The normalized spacial score (nSPS) is 45.6. The second kappa shape index (κ2) is 7.86. The summed E-state index contributed by atoms with van der Waals surface area (Å²) < 4.78 is 0. The second-order valence-electron chi connectivity index (χ2n) is 11.5. The van der Waals surface area contributed by atoms with Crippen LogP contribution in [0.2, 0.25) is 0 Å². The van der Waals surface area contributed by atoms with Crippen LogP contribution >= 0.6 is 0 Å². The van der Waals surface area contributed by atoms with Gasteiger partial charge in [-0.25, -0.2) is 5.84 Å². The zero-order valence-corrected chi connectivity index (χ0v) is 19.1. The van der Waals surface area contributed by atoms with Crippen LogP contribution in [0, 0.1) is 57.7 Å². The Kier molecular flexibility index (Phi) is 5.68. The summed E-state index contributed by atoms with van der Waals surface area (Å²) in [6, 6.07) is 1.86. The first-order valence-corrected chi connectivity index (χ1v) is 12.1. The van der Waals surface area contributed by atoms with Gasteiger partial charge in [0.25, 0.3) is 0 Å². The summed E-state index contributed by atoms with van der Waals surface area (Å²) in [5.74, 6) is 10.4. The van der Waals surface area contributed by atoms with Crippen molar-refractivity contribution in [1.82, 2.24) is 5.01 Å². The largest absolute Gasteiger partial charge is 0.389 e. The first-order valence-electron chi connectivity index (χ1n) is 12.1. The number of allylic oxidation sites excluding steroid dienone is 1. The van der Waals surface area contributed by atoms with E-state index in [1.165, 1.54) is 62.6 Å². The number of nitrogens with zero attached hydrogens (tertiary/aromatic N) is 2. The molecule has 4 aliphatic carbocycles. The summed E-state index contributed by atoms with van der Waals surface area (Å²) in [6.45, 7) is 7.58. The summed E-state index contributed by atoms with van der Waals surface area (Å²) in [5, 5.41) is 10.1. The van der Waals surface area contributed by atoms with Crippen LogP contribution in [0.1, 0.15) is 78.6 Å². The van der Waals surface area contributed by atoms with Crippen molar-refractivity contribution in [3.05, 3.63) is 11.9 Å². The van der Waals surface area contributed by atoms with Crippen LogP contribution < -0.4 is 11.6 Å². The lowest BCUT2D eigenvalue weighted by Gasteiger charge is -2.61. The molecular formula is C25H40N4O. The molecular weight excluding hydrogens is 372 g/mol. The van der Waals surface area contributed by atoms with Gasteiger partial charge < -0.3 is 10.7 Å². The van der Waals surface area contributed by atoms with E-state index >= 15 is 0 Å². The molecule has 8 unspecified atom stereocenters. The Bertz CT molecular complexity index is 757. The molecule has 0 aromatic carbocycles. The van der Waals surface area contributed by atoms with Crippen molar-refractivity contribution >= 4 is 5.78 Å². The monoisotopic (exact) mass is 412 g/mol. The third-order valence-corrected chi connectivity index (χ3v) is 10.1. The number of ketones is 1. The fourth-order valence-corrected chi connectivity index (χ4v) is 8.54. The van der Waals surface area contributed by atoms with Crippen LogP contribution in [0.3, 0.4) is 0 Å². The highest BCUT2D eigenvalue weighted by Crippen LogP contribution is 2.67. The summed E-state index contributed by atoms with van der Waals surface area (Å²) >= 11 is 0. The molecule has 4 fully saturated rings. The molecule has 0 spiro atoms. The first kappa shape index (κ1) is 21.7. The average molecular weight is 413 g/mol. The first-order chi connectivity index (χ1) is 14.2. The minimum atomic E-state index is 0.0353. The van der Waals surface area contributed by atoms with Crippen LogP contribution in [0.4, 0.5) is 0 Å². The summed E-state index contributed by atoms with van der Waals surface area (Å²) in [4.78, 5) is 13.2. The SMILES string of the molecule is CC1CCC2(C)C(CCC3C2CCC2(C)C(C(=O)CN(N)/C=C(\N)C#N)CCC32)C1. The summed E-state index contributed by atoms with van der Waals surface area (Å²) in [7, 11) is 0. The van der Waals surface area contributed by atoms with E-state index in [9.17, 15) is 4.79 Å². The lowest BCUT2D eigenvalue weighted by atomic mass is 9.44. The molecule has 0 radical (unpaired) electrons. The number of carbonyl (C=O) groups excluding carboxylic acids is 1. The van der Waals surface area contributed by atoms with Gasteiger partial charge in [-0.05, 0) is 91.8 Å². The highest BCUT2D eigenvalue weighted by molar-refractivity contribution is 5.84. The Morgan fingerprint density at radius 3 is 2.53 bits per heavy atom. The second-order valence-corrected chi connectivity index (χ2v) is 11.5. The lowest BCUT2D eigenvalue weighted by Crippen LogP contribution is -2.54. The third kappa shape index (κ3) is 3.45. The van der Waals surface area contributed by atoms with E-state index in [0.29, 0.717) is 11.3 Å². The maximum absolute atomic E-state index is 13.2. The Hall–Kier alpha value is -1.54. The van der Waals surface area contributed by atoms with Gasteiger partial charge in [-0.15, -0.1) is 0 Å². The maximum Gasteiger partial charge on any atom is 0.157 e. The minimum absolute atomic E-state index is 0.0353. The predicted molar refractivity (Wildman–Crippen MR) is 118 cm³/mol. The summed E-state index contributed by atoms with van der Waals surface area (Å²) in [5.41, 5.74) is 6.21. The van der Waals surface area contributed by atoms with Crippen molar-refractivity contribution in [2.24, 2.45) is 57.9 Å². The number of rotatable bonds is 4. The van der Waals surface area contributed by atoms with E-state index in [0.717, 1.165) is 30.1 Å². The Balaban J connectivity index is 1.49. The van der Waals surface area contributed by atoms with Gasteiger partial charge in [-0.2, -0.15) is 5.26 Å². The van der Waals surface area contributed by atoms with Gasteiger partial charge in [-0.3, -0.25) is 4.79 Å². The van der Waals surface area contributed by atoms with E-state index in [1.807, 2.05) is 6.07 Å². The number of carbonyl (C=O) groups is 1. The van der Waals surface area contributed by atoms with E-state index < -0.39 is 0 Å². The summed E-state index contributed by atoms with van der Waals surface area (Å²) in [6.07, 6.45) is 13.0. The van der Waals surface area contributed by atoms with Gasteiger partial charge in [0.05, 0.1) is 6.54 Å². The van der Waals surface area contributed by atoms with Gasteiger partial charge in [0, 0.05) is 12.1 Å². The quantitative estimate of drug-likeness (QED) is 0.406. The third-order valence-electron chi connectivity index (χ3n) is 10.1. The van der Waals surface area contributed by atoms with Gasteiger partial charge in [0.1, 0.15) is 11.8 Å². The molecule has 166 valence electrons. The smallest absolute Gasteiger partial charge is 0.157 e. The van der Waals surface area contributed by atoms with Crippen molar-refractivity contribution < 1.29 is 4.79 Å². The predicted octanol–water partition coefficient (Wildman–Crippen LogP) is 4.35. The number of Topliss-reactive ketones (excluding diaryl/α,β-unsaturated/α-hetero) is 1. The Morgan fingerprint density at radius 2 is 1.80 bits per heavy atom. The van der Waals surface area contributed by atoms with Gasteiger partial charge >= 0.3 is 0 Å². The Labute approximate surface area is 182 Å². The Morgan fingerprint density at radius 1 is 1.10 bits per heavy atom. The molecule has 0 saturated heterocycles. The molecule has 8 atom stereocenters. The zero-order valence-electron chi connectivity index (χ0n) is 19.1. The van der Waals surface area contributed by atoms with E-state index in [4.69, 9.17) is 16.8 Å². The zero-order chi connectivity index (χ0) is 21.7. The maximum atomic E-state index is 13.2. The molecule has 0 aromatic heterocycles. The van der Waals surface area contributed by atoms with Crippen molar-refractivity contribution in [3.8, 4) is 6.07 Å². The molecule has 0 aromatic rings. The molecule has 5 heteroatoms. The van der Waals surface area contributed by atoms with Crippen LogP contribution in [0.5, 0.6) is 0 Å². The van der Waals surface area contributed by atoms with E-state index in [-0.39, 0.29) is 29.4 Å². The standard InChI is InChI=1S/C25H40N4O/c1-16-8-10-24(2)17(12-16)4-5-19-20-6-7-22(25(20,3)11-9-21(19)24)23(30)15-29(28)14-18(27)13-26/h14,16-17,19-22H,4-12,15,27-28H2,1-3H3/b18-14-. The fourth-order valence-electron chi connectivity index (χ4n) is 8.54. The number of nitrogens with two attached hydrogens (primary N) is 2. The minimum Gasteiger partial charge on any atom is -0.389 e. The molecule has 30 heavy (non-hydrogen) atoms. The molecule has 5 nitrogen and oxygen atoms in total. The van der Waals surface area contributed by atoms with Crippen molar-refractivity contribution in [2.75, 3.05) is 6.54 Å². The fraction of sp³-hybridized carbons (Fsp3) is 0.840. The molecule has 0 heterocycles. The number of nitriles is 1. The van der Waals surface area contributed by atoms with Crippen LogP contribution in [0.15, 0.2) is 11.9 Å². The highest BCUT2D eigenvalue weighted by Gasteiger charge is 2.60. The highest BCUT2D eigenvalue weighted by atomic mass is 16.1. The molecule has 4 saturated carbocycles. The molecule has 0 amide bonds. The number of hydrogen-bond acceptors (Lipinski definition) is 5. The lowest BCUT2D eigenvalue weighted by molar-refractivity contribution is -0.137. The molecule has 0 bridgehead atoms. The van der Waals surface area contributed by atoms with Crippen molar-refractivity contribution in [1.29, 1.82) is 5.26 Å². The molecule has 0 aliphatic heterocycles. The van der Waals surface area contributed by atoms with E-state index in [1.54, 1.807) is 0 Å². The molecule has 4 aliphatic rings. The number of hydrazine groups is 1. The van der Waals surface area contributed by atoms with E-state index in [2.05, 4.69) is 20.8 Å². The van der Waals surface area contributed by atoms with Crippen molar-refractivity contribution in [2.45, 2.75) is 78.6 Å². The molecule has 4 rings (SSSR count). The number of fused-ring (bicyclic) bond motifs is 5. The van der Waals surface area contributed by atoms with Gasteiger partial charge in [0.2, 0.25) is 0 Å². The van der Waals surface area contributed by atoms with Crippen LogP contribution in [0.25, 0.3) is 0 Å².